The van der Waals surface area contributed by atoms with E-state index in [0.29, 0.717) is 23.8 Å². The molecule has 0 fully saturated rings. The fourth-order valence-corrected chi connectivity index (χ4v) is 3.03. The summed E-state index contributed by atoms with van der Waals surface area (Å²) in [7, 11) is 0. The monoisotopic (exact) mass is 369 g/mol. The lowest BCUT2D eigenvalue weighted by Crippen LogP contribution is -2.24. The third kappa shape index (κ3) is 4.62. The maximum atomic E-state index is 12.0. The summed E-state index contributed by atoms with van der Waals surface area (Å²) in [5.41, 5.74) is 1.84. The zero-order valence-corrected chi connectivity index (χ0v) is 15.1. The van der Waals surface area contributed by atoms with Gasteiger partial charge in [-0.05, 0) is 43.2 Å². The summed E-state index contributed by atoms with van der Waals surface area (Å²) >= 11 is 1.28. The van der Waals surface area contributed by atoms with Crippen LogP contribution in [0.15, 0.2) is 42.7 Å². The van der Waals surface area contributed by atoms with E-state index in [2.05, 4.69) is 25.6 Å². The molecule has 3 aromatic heterocycles. The highest BCUT2D eigenvalue weighted by molar-refractivity contribution is 7.16. The third-order valence-electron chi connectivity index (χ3n) is 3.49. The number of nitrogens with one attached hydrogen (secondary N) is 2. The van der Waals surface area contributed by atoms with Gasteiger partial charge in [0.15, 0.2) is 5.01 Å². The number of aliphatic hydroxyl groups is 1. The molecule has 0 aromatic carbocycles. The SMILES string of the molecule is Cc1ccnc(Nc2cccc(-c3cnc(C(=O)NCCCO)s3)n2)c1. The predicted molar refractivity (Wildman–Crippen MR) is 102 cm³/mol. The van der Waals surface area contributed by atoms with Crippen molar-refractivity contribution in [2.45, 2.75) is 13.3 Å². The van der Waals surface area contributed by atoms with Gasteiger partial charge in [-0.2, -0.15) is 0 Å². The molecule has 134 valence electrons. The van der Waals surface area contributed by atoms with Crippen molar-refractivity contribution in [1.82, 2.24) is 20.3 Å². The standard InChI is InChI=1S/C18H19N5O2S/c1-12-6-8-19-16(10-12)23-15-5-2-4-13(22-15)14-11-21-18(26-14)17(25)20-7-3-9-24/h2,4-6,8,10-11,24H,3,7,9H2,1H3,(H,20,25)(H,19,22,23). The van der Waals surface area contributed by atoms with E-state index in [4.69, 9.17) is 5.11 Å². The average molecular weight is 369 g/mol. The number of carbonyl (C=O) groups excluding carboxylic acids is 1. The Balaban J connectivity index is 1.73. The lowest BCUT2D eigenvalue weighted by Gasteiger charge is -2.06. The van der Waals surface area contributed by atoms with Crippen LogP contribution in [0.5, 0.6) is 0 Å². The van der Waals surface area contributed by atoms with Crippen LogP contribution in [-0.2, 0) is 0 Å². The van der Waals surface area contributed by atoms with Crippen molar-refractivity contribution >= 4 is 28.9 Å². The van der Waals surface area contributed by atoms with Crippen LogP contribution in [0.4, 0.5) is 11.6 Å². The maximum Gasteiger partial charge on any atom is 0.280 e. The first kappa shape index (κ1) is 18.0. The summed E-state index contributed by atoms with van der Waals surface area (Å²) in [5, 5.41) is 15.0. The second kappa shape index (κ2) is 8.50. The van der Waals surface area contributed by atoms with E-state index in [9.17, 15) is 4.79 Å². The van der Waals surface area contributed by atoms with Crippen LogP contribution in [0.3, 0.4) is 0 Å². The molecule has 3 N–H and O–H groups in total. The number of pyridine rings is 2. The molecule has 3 heterocycles. The number of carbonyl (C=O) groups is 1. The van der Waals surface area contributed by atoms with Crippen molar-refractivity contribution < 1.29 is 9.90 Å². The molecule has 3 aromatic rings. The molecule has 0 aliphatic heterocycles. The van der Waals surface area contributed by atoms with Crippen LogP contribution < -0.4 is 10.6 Å². The van der Waals surface area contributed by atoms with Gasteiger partial charge in [0, 0.05) is 25.5 Å². The molecule has 0 atom stereocenters. The highest BCUT2D eigenvalue weighted by Crippen LogP contribution is 2.26. The molecule has 0 aliphatic rings. The lowest BCUT2D eigenvalue weighted by atomic mass is 10.3. The molecule has 1 amide bonds. The number of anilines is 2. The first-order valence-electron chi connectivity index (χ1n) is 8.18. The average Bonchev–Trinajstić information content (AvgIpc) is 3.12. The van der Waals surface area contributed by atoms with Gasteiger partial charge in [-0.25, -0.2) is 15.0 Å². The minimum Gasteiger partial charge on any atom is -0.396 e. The Morgan fingerprint density at radius 2 is 2.12 bits per heavy atom. The molecule has 26 heavy (non-hydrogen) atoms. The van der Waals surface area contributed by atoms with Gasteiger partial charge in [-0.1, -0.05) is 6.07 Å². The number of aromatic nitrogens is 3. The molecular formula is C18H19N5O2S. The highest BCUT2D eigenvalue weighted by Gasteiger charge is 2.12. The first-order valence-corrected chi connectivity index (χ1v) is 8.99. The summed E-state index contributed by atoms with van der Waals surface area (Å²) in [5.74, 6) is 1.15. The Kier molecular flexibility index (Phi) is 5.88. The van der Waals surface area contributed by atoms with Crippen LogP contribution >= 0.6 is 11.3 Å². The molecule has 3 rings (SSSR count). The summed E-state index contributed by atoms with van der Waals surface area (Å²) in [6, 6.07) is 9.49. The van der Waals surface area contributed by atoms with E-state index in [1.807, 2.05) is 37.3 Å². The Labute approximate surface area is 155 Å². The van der Waals surface area contributed by atoms with Crippen molar-refractivity contribution in [3.8, 4) is 10.6 Å². The normalized spacial score (nSPS) is 10.5. The fourth-order valence-electron chi connectivity index (χ4n) is 2.23. The van der Waals surface area contributed by atoms with Gasteiger partial charge in [0.2, 0.25) is 0 Å². The van der Waals surface area contributed by atoms with Crippen molar-refractivity contribution in [2.24, 2.45) is 0 Å². The topological polar surface area (TPSA) is 100 Å². The van der Waals surface area contributed by atoms with Gasteiger partial charge in [-0.15, -0.1) is 11.3 Å². The molecule has 0 saturated carbocycles. The first-order chi connectivity index (χ1) is 12.7. The van der Waals surface area contributed by atoms with Gasteiger partial charge in [0.05, 0.1) is 10.6 Å². The molecule has 0 aliphatic carbocycles. The van der Waals surface area contributed by atoms with Crippen molar-refractivity contribution in [3.05, 3.63) is 53.3 Å². The van der Waals surface area contributed by atoms with Gasteiger partial charge in [0.1, 0.15) is 11.6 Å². The minimum atomic E-state index is -0.243. The van der Waals surface area contributed by atoms with Crippen LogP contribution in [0, 0.1) is 6.92 Å². The van der Waals surface area contributed by atoms with Gasteiger partial charge in [-0.3, -0.25) is 4.79 Å². The van der Waals surface area contributed by atoms with E-state index in [0.717, 1.165) is 22.0 Å². The summed E-state index contributed by atoms with van der Waals surface area (Å²) in [6.07, 6.45) is 3.90. The molecule has 0 saturated heterocycles. The van der Waals surface area contributed by atoms with Crippen LogP contribution in [-0.4, -0.2) is 39.1 Å². The van der Waals surface area contributed by atoms with Gasteiger partial charge < -0.3 is 15.7 Å². The van der Waals surface area contributed by atoms with Crippen molar-refractivity contribution in [1.29, 1.82) is 0 Å². The maximum absolute atomic E-state index is 12.0. The Morgan fingerprint density at radius 3 is 2.92 bits per heavy atom. The van der Waals surface area contributed by atoms with Gasteiger partial charge in [0.25, 0.3) is 5.91 Å². The van der Waals surface area contributed by atoms with Crippen molar-refractivity contribution in [3.63, 3.8) is 0 Å². The van der Waals surface area contributed by atoms with Gasteiger partial charge >= 0.3 is 0 Å². The van der Waals surface area contributed by atoms with Crippen LogP contribution in [0.2, 0.25) is 0 Å². The van der Waals surface area contributed by atoms with Crippen molar-refractivity contribution in [2.75, 3.05) is 18.5 Å². The number of aliphatic hydroxyl groups excluding tert-OH is 1. The number of hydrogen-bond donors (Lipinski definition) is 3. The quantitative estimate of drug-likeness (QED) is 0.554. The van der Waals surface area contributed by atoms with Crippen LogP contribution in [0.25, 0.3) is 10.6 Å². The van der Waals surface area contributed by atoms with E-state index in [1.54, 1.807) is 12.4 Å². The Morgan fingerprint density at radius 1 is 1.23 bits per heavy atom. The summed E-state index contributed by atoms with van der Waals surface area (Å²) in [4.78, 5) is 25.8. The number of thiazole rings is 1. The fraction of sp³-hybridized carbons (Fsp3) is 0.222. The number of hydrogen-bond acceptors (Lipinski definition) is 7. The van der Waals surface area contributed by atoms with E-state index < -0.39 is 0 Å². The molecule has 8 heteroatoms. The van der Waals surface area contributed by atoms with E-state index in [-0.39, 0.29) is 12.5 Å². The molecule has 0 unspecified atom stereocenters. The number of aryl methyl sites for hydroxylation is 1. The molecule has 0 bridgehead atoms. The number of rotatable bonds is 7. The third-order valence-corrected chi connectivity index (χ3v) is 4.51. The predicted octanol–water partition coefficient (Wildman–Crippen LogP) is 2.76. The zero-order chi connectivity index (χ0) is 18.4. The minimum absolute atomic E-state index is 0.0446. The Bertz CT molecular complexity index is 897. The second-order valence-electron chi connectivity index (χ2n) is 5.61. The largest absolute Gasteiger partial charge is 0.396 e. The summed E-state index contributed by atoms with van der Waals surface area (Å²) in [6.45, 7) is 2.47. The molecule has 0 radical (unpaired) electrons. The van der Waals surface area contributed by atoms with Crippen LogP contribution in [0.1, 0.15) is 21.8 Å². The number of amides is 1. The lowest BCUT2D eigenvalue weighted by molar-refractivity contribution is 0.0951. The number of nitrogens with zero attached hydrogens (tertiary/aromatic N) is 3. The second-order valence-corrected chi connectivity index (χ2v) is 6.64. The molecule has 0 spiro atoms. The Hall–Kier alpha value is -2.84. The highest BCUT2D eigenvalue weighted by atomic mass is 32.1. The molecule has 7 nitrogen and oxygen atoms in total. The zero-order valence-electron chi connectivity index (χ0n) is 14.3. The van der Waals surface area contributed by atoms with E-state index in [1.165, 1.54) is 11.3 Å². The van der Waals surface area contributed by atoms with E-state index >= 15 is 0 Å². The smallest absolute Gasteiger partial charge is 0.280 e. The molecular weight excluding hydrogens is 350 g/mol. The summed E-state index contributed by atoms with van der Waals surface area (Å²) < 4.78 is 0.